The maximum atomic E-state index is 13.1. The Hall–Kier alpha value is -3.87. The Morgan fingerprint density at radius 1 is 1.30 bits per heavy atom. The summed E-state index contributed by atoms with van der Waals surface area (Å²) in [5.74, 6) is -2.02. The van der Waals surface area contributed by atoms with Crippen molar-refractivity contribution in [2.45, 2.75) is 20.0 Å². The summed E-state index contributed by atoms with van der Waals surface area (Å²) in [5, 5.41) is 32.3. The summed E-state index contributed by atoms with van der Waals surface area (Å²) >= 11 is 5.98. The first-order chi connectivity index (χ1) is 14.2. The van der Waals surface area contributed by atoms with Gasteiger partial charge in [-0.15, -0.1) is 0 Å². The van der Waals surface area contributed by atoms with Crippen molar-refractivity contribution in [3.05, 3.63) is 72.9 Å². The van der Waals surface area contributed by atoms with Crippen LogP contribution in [0.15, 0.2) is 30.6 Å². The van der Waals surface area contributed by atoms with E-state index in [1.54, 1.807) is 0 Å². The van der Waals surface area contributed by atoms with E-state index in [2.05, 4.69) is 15.5 Å². The summed E-state index contributed by atoms with van der Waals surface area (Å²) in [5.41, 5.74) is 0.0400. The molecule has 0 aliphatic heterocycles. The van der Waals surface area contributed by atoms with Crippen molar-refractivity contribution in [3.8, 4) is 0 Å². The average Bonchev–Trinajstić information content (AvgIpc) is 3.22. The van der Waals surface area contributed by atoms with Crippen molar-refractivity contribution >= 4 is 34.7 Å². The number of rotatable bonds is 7. The highest BCUT2D eigenvalue weighted by Gasteiger charge is 2.35. The molecular formula is C16H13ClFN7O5. The van der Waals surface area contributed by atoms with Gasteiger partial charge in [-0.05, 0) is 29.5 Å². The third kappa shape index (κ3) is 4.41. The minimum atomic E-state index is -0.982. The lowest BCUT2D eigenvalue weighted by molar-refractivity contribution is -0.424. The van der Waals surface area contributed by atoms with Crippen LogP contribution in [0.25, 0.3) is 0 Å². The van der Waals surface area contributed by atoms with Crippen LogP contribution >= 0.6 is 11.6 Å². The molecule has 0 fully saturated rings. The fraction of sp³-hybridized carbons (Fsp3) is 0.188. The first kappa shape index (κ1) is 20.9. The number of hydrogen-bond acceptors (Lipinski definition) is 7. The molecule has 2 aromatic heterocycles. The van der Waals surface area contributed by atoms with Gasteiger partial charge in [-0.3, -0.25) is 19.6 Å². The third-order valence-electron chi connectivity index (χ3n) is 4.07. The van der Waals surface area contributed by atoms with Gasteiger partial charge in [-0.1, -0.05) is 17.7 Å². The first-order valence-electron chi connectivity index (χ1n) is 8.28. The van der Waals surface area contributed by atoms with Crippen molar-refractivity contribution in [2.75, 3.05) is 5.32 Å². The molecule has 0 spiro atoms. The number of aromatic nitrogens is 4. The number of anilines is 1. The van der Waals surface area contributed by atoms with Crippen LogP contribution in [-0.2, 0) is 17.9 Å². The number of benzene rings is 1. The number of nitro groups is 2. The lowest BCUT2D eigenvalue weighted by atomic mass is 10.2. The Labute approximate surface area is 172 Å². The van der Waals surface area contributed by atoms with E-state index >= 15 is 0 Å². The second-order valence-electron chi connectivity index (χ2n) is 6.14. The number of nitrogens with one attached hydrogen (secondary N) is 1. The van der Waals surface area contributed by atoms with Crippen LogP contribution in [0.1, 0.15) is 11.3 Å². The van der Waals surface area contributed by atoms with Crippen molar-refractivity contribution in [2.24, 2.45) is 0 Å². The fourth-order valence-corrected chi connectivity index (χ4v) is 2.91. The molecule has 0 aliphatic rings. The molecule has 156 valence electrons. The average molecular weight is 438 g/mol. The fourth-order valence-electron chi connectivity index (χ4n) is 2.69. The van der Waals surface area contributed by atoms with Crippen molar-refractivity contribution in [1.82, 2.24) is 19.6 Å². The van der Waals surface area contributed by atoms with E-state index in [9.17, 15) is 29.4 Å². The van der Waals surface area contributed by atoms with Gasteiger partial charge in [0.25, 0.3) is 0 Å². The standard InChI is InChI=1S/C16H13ClFN7O5/c1-9-15(24(27)28)16(25(29)30)21-23(9)8-14(26)20-12-5-19-22(7-12)6-10-2-3-11(18)4-13(10)17/h2-5,7H,6,8H2,1H3,(H,20,26). The van der Waals surface area contributed by atoms with Gasteiger partial charge in [-0.2, -0.15) is 9.78 Å². The van der Waals surface area contributed by atoms with Gasteiger partial charge in [0.2, 0.25) is 5.91 Å². The van der Waals surface area contributed by atoms with Gasteiger partial charge in [0, 0.05) is 11.2 Å². The van der Waals surface area contributed by atoms with Gasteiger partial charge in [-0.25, -0.2) is 4.39 Å². The highest BCUT2D eigenvalue weighted by Crippen LogP contribution is 2.29. The molecule has 0 saturated carbocycles. The minimum Gasteiger partial charge on any atom is -0.358 e. The Bertz CT molecular complexity index is 1160. The summed E-state index contributed by atoms with van der Waals surface area (Å²) in [6.07, 6.45) is 2.86. The molecule has 3 aromatic rings. The number of nitrogens with zero attached hydrogens (tertiary/aromatic N) is 6. The molecule has 12 nitrogen and oxygen atoms in total. The zero-order valence-corrected chi connectivity index (χ0v) is 16.0. The molecule has 3 rings (SSSR count). The van der Waals surface area contributed by atoms with Crippen LogP contribution in [0.4, 0.5) is 21.6 Å². The zero-order valence-electron chi connectivity index (χ0n) is 15.3. The van der Waals surface area contributed by atoms with Crippen molar-refractivity contribution in [1.29, 1.82) is 0 Å². The monoisotopic (exact) mass is 437 g/mol. The normalized spacial score (nSPS) is 10.8. The van der Waals surface area contributed by atoms with Gasteiger partial charge < -0.3 is 15.4 Å². The second-order valence-corrected chi connectivity index (χ2v) is 6.55. The third-order valence-corrected chi connectivity index (χ3v) is 4.42. The summed E-state index contributed by atoms with van der Waals surface area (Å²) in [4.78, 5) is 32.3. The Morgan fingerprint density at radius 3 is 2.63 bits per heavy atom. The minimum absolute atomic E-state index is 0.122. The molecule has 14 heteroatoms. The van der Waals surface area contributed by atoms with E-state index in [1.165, 1.54) is 42.2 Å². The molecule has 0 saturated heterocycles. The molecule has 0 radical (unpaired) electrons. The summed E-state index contributed by atoms with van der Waals surface area (Å²) < 4.78 is 15.5. The van der Waals surface area contributed by atoms with E-state index in [0.29, 0.717) is 11.3 Å². The molecule has 0 bridgehead atoms. The van der Waals surface area contributed by atoms with Crippen LogP contribution < -0.4 is 5.32 Å². The van der Waals surface area contributed by atoms with E-state index < -0.39 is 39.6 Å². The van der Waals surface area contributed by atoms with Gasteiger partial charge in [0.1, 0.15) is 18.1 Å². The predicted octanol–water partition coefficient (Wildman–Crippen LogP) is 2.68. The Balaban J connectivity index is 1.70. The maximum absolute atomic E-state index is 13.1. The number of carbonyl (C=O) groups excluding carboxylic acids is 1. The zero-order chi connectivity index (χ0) is 22.0. The number of hydrogen-bond donors (Lipinski definition) is 1. The van der Waals surface area contributed by atoms with E-state index in [4.69, 9.17) is 11.6 Å². The number of carbonyl (C=O) groups is 1. The number of amides is 1. The molecule has 1 amide bonds. The molecule has 1 N–H and O–H groups in total. The van der Waals surface area contributed by atoms with E-state index in [0.717, 1.165) is 4.68 Å². The molecule has 0 aliphatic carbocycles. The predicted molar refractivity (Wildman–Crippen MR) is 102 cm³/mol. The quantitative estimate of drug-likeness (QED) is 0.440. The van der Waals surface area contributed by atoms with Crippen LogP contribution in [0.3, 0.4) is 0 Å². The SMILES string of the molecule is Cc1c([N+](=O)[O-])c([N+](=O)[O-])nn1CC(=O)Nc1cnn(Cc2ccc(F)cc2Cl)c1. The molecule has 30 heavy (non-hydrogen) atoms. The van der Waals surface area contributed by atoms with Gasteiger partial charge in [0.15, 0.2) is 0 Å². The number of halogens is 2. The van der Waals surface area contributed by atoms with Crippen LogP contribution in [0.2, 0.25) is 5.02 Å². The second kappa shape index (κ2) is 8.24. The topological polar surface area (TPSA) is 151 Å². The first-order valence-corrected chi connectivity index (χ1v) is 8.66. The molecular weight excluding hydrogens is 425 g/mol. The van der Waals surface area contributed by atoms with Gasteiger partial charge in [0.05, 0.1) is 28.5 Å². The van der Waals surface area contributed by atoms with Crippen LogP contribution in [0.5, 0.6) is 0 Å². The Kier molecular flexibility index (Phi) is 5.73. The summed E-state index contributed by atoms with van der Waals surface area (Å²) in [7, 11) is 0. The molecule has 0 unspecified atom stereocenters. The van der Waals surface area contributed by atoms with Crippen molar-refractivity contribution < 1.29 is 19.0 Å². The molecule has 2 heterocycles. The lowest BCUT2D eigenvalue weighted by Gasteiger charge is -2.04. The smallest absolute Gasteiger partial charge is 0.358 e. The summed E-state index contributed by atoms with van der Waals surface area (Å²) in [6, 6.07) is 3.95. The van der Waals surface area contributed by atoms with E-state index in [1.807, 2.05) is 0 Å². The largest absolute Gasteiger partial charge is 0.468 e. The highest BCUT2D eigenvalue weighted by molar-refractivity contribution is 6.31. The Morgan fingerprint density at radius 2 is 2.03 bits per heavy atom. The lowest BCUT2D eigenvalue weighted by Crippen LogP contribution is -2.20. The van der Waals surface area contributed by atoms with Crippen molar-refractivity contribution in [3.63, 3.8) is 0 Å². The molecule has 1 aromatic carbocycles. The van der Waals surface area contributed by atoms with Gasteiger partial charge >= 0.3 is 11.5 Å². The highest BCUT2D eigenvalue weighted by atomic mass is 35.5. The maximum Gasteiger partial charge on any atom is 0.468 e. The van der Waals surface area contributed by atoms with E-state index in [-0.39, 0.29) is 17.3 Å². The molecule has 0 atom stereocenters. The van der Waals surface area contributed by atoms with Crippen LogP contribution in [-0.4, -0.2) is 35.3 Å². The van der Waals surface area contributed by atoms with Crippen LogP contribution in [0, 0.1) is 33.0 Å². The summed E-state index contributed by atoms with van der Waals surface area (Å²) in [6.45, 7) is 1.01.